The summed E-state index contributed by atoms with van der Waals surface area (Å²) in [4.78, 5) is 13.9. The van der Waals surface area contributed by atoms with Gasteiger partial charge < -0.3 is 14.5 Å². The van der Waals surface area contributed by atoms with E-state index in [1.54, 1.807) is 25.3 Å². The summed E-state index contributed by atoms with van der Waals surface area (Å²) >= 11 is 0. The van der Waals surface area contributed by atoms with E-state index in [2.05, 4.69) is 4.98 Å². The van der Waals surface area contributed by atoms with Crippen LogP contribution in [0.25, 0.3) is 0 Å². The van der Waals surface area contributed by atoms with Crippen LogP contribution in [0.5, 0.6) is 11.5 Å². The van der Waals surface area contributed by atoms with Crippen LogP contribution >= 0.6 is 0 Å². The number of hydrogen-bond donors (Lipinski definition) is 1. The third kappa shape index (κ3) is 2.53. The number of methoxy groups -OCH3 is 1. The lowest BCUT2D eigenvalue weighted by Crippen LogP contribution is -2.04. The summed E-state index contributed by atoms with van der Waals surface area (Å²) in [6, 6.07) is 8.94. The molecule has 0 saturated carbocycles. The molecule has 0 saturated heterocycles. The number of ether oxygens (including phenoxy) is 2. The van der Waals surface area contributed by atoms with Gasteiger partial charge in [-0.3, -0.25) is 4.79 Å². The molecule has 18 heavy (non-hydrogen) atoms. The second-order valence-corrected chi connectivity index (χ2v) is 3.91. The van der Waals surface area contributed by atoms with Gasteiger partial charge in [0.1, 0.15) is 12.4 Å². The molecular formula is C14H15NO3. The van der Waals surface area contributed by atoms with E-state index >= 15 is 0 Å². The van der Waals surface area contributed by atoms with Crippen LogP contribution in [-0.4, -0.2) is 18.4 Å². The lowest BCUT2D eigenvalue weighted by atomic mass is 10.2. The molecule has 0 bridgehead atoms. The molecule has 2 aromatic rings. The molecule has 0 spiro atoms. The third-order valence-electron chi connectivity index (χ3n) is 2.69. The van der Waals surface area contributed by atoms with Crippen molar-refractivity contribution >= 4 is 6.29 Å². The summed E-state index contributed by atoms with van der Waals surface area (Å²) in [5.41, 5.74) is 1.53. The highest BCUT2D eigenvalue weighted by Gasteiger charge is 2.12. The second-order valence-electron chi connectivity index (χ2n) is 3.91. The van der Waals surface area contributed by atoms with Crippen LogP contribution in [0, 0.1) is 0 Å². The Bertz CT molecular complexity index is 520. The zero-order chi connectivity index (χ0) is 13.0. The molecule has 1 unspecified atom stereocenters. The number of H-pyrrole nitrogens is 1. The van der Waals surface area contributed by atoms with E-state index in [0.717, 1.165) is 12.0 Å². The Hall–Kier alpha value is -2.23. The van der Waals surface area contributed by atoms with Crippen molar-refractivity contribution in [2.45, 2.75) is 13.0 Å². The van der Waals surface area contributed by atoms with Gasteiger partial charge in [0.25, 0.3) is 0 Å². The second kappa shape index (κ2) is 5.40. The van der Waals surface area contributed by atoms with Crippen molar-refractivity contribution in [2.75, 3.05) is 7.11 Å². The molecule has 0 radical (unpaired) electrons. The van der Waals surface area contributed by atoms with E-state index in [-0.39, 0.29) is 6.10 Å². The number of aromatic nitrogens is 1. The van der Waals surface area contributed by atoms with Crippen molar-refractivity contribution in [3.63, 3.8) is 0 Å². The topological polar surface area (TPSA) is 51.3 Å². The highest BCUT2D eigenvalue weighted by molar-refractivity contribution is 5.76. The first-order chi connectivity index (χ1) is 8.74. The lowest BCUT2D eigenvalue weighted by Gasteiger charge is -2.16. The summed E-state index contributed by atoms with van der Waals surface area (Å²) in [6.45, 7) is 1.93. The van der Waals surface area contributed by atoms with E-state index < -0.39 is 0 Å². The zero-order valence-corrected chi connectivity index (χ0v) is 10.3. The fraction of sp³-hybridized carbons (Fsp3) is 0.214. The number of aldehydes is 1. The maximum Gasteiger partial charge on any atom is 0.162 e. The minimum absolute atomic E-state index is 0.143. The van der Waals surface area contributed by atoms with E-state index in [4.69, 9.17) is 9.47 Å². The predicted octanol–water partition coefficient (Wildman–Crippen LogP) is 2.98. The molecule has 1 aromatic carbocycles. The van der Waals surface area contributed by atoms with Gasteiger partial charge in [0.05, 0.1) is 12.8 Å². The van der Waals surface area contributed by atoms with Gasteiger partial charge in [-0.1, -0.05) is 0 Å². The van der Waals surface area contributed by atoms with Gasteiger partial charge in [0.2, 0.25) is 0 Å². The van der Waals surface area contributed by atoms with Crippen molar-refractivity contribution in [2.24, 2.45) is 0 Å². The Labute approximate surface area is 106 Å². The number of carbonyl (C=O) groups is 1. The minimum atomic E-state index is -0.143. The molecule has 2 rings (SSSR count). The van der Waals surface area contributed by atoms with Crippen LogP contribution in [0.2, 0.25) is 0 Å². The van der Waals surface area contributed by atoms with E-state index in [1.807, 2.05) is 25.3 Å². The molecule has 1 N–H and O–H groups in total. The van der Waals surface area contributed by atoms with Crippen molar-refractivity contribution in [3.05, 3.63) is 47.8 Å². The largest absolute Gasteiger partial charge is 0.493 e. The maximum absolute atomic E-state index is 10.8. The van der Waals surface area contributed by atoms with Crippen molar-refractivity contribution < 1.29 is 14.3 Å². The molecule has 0 aliphatic heterocycles. The van der Waals surface area contributed by atoms with Gasteiger partial charge in [-0.05, 0) is 37.3 Å². The molecular weight excluding hydrogens is 230 g/mol. The Balaban J connectivity index is 2.24. The molecule has 1 aromatic heterocycles. The van der Waals surface area contributed by atoms with Gasteiger partial charge in [0, 0.05) is 11.8 Å². The number of carbonyl (C=O) groups excluding carboxylic acids is 1. The van der Waals surface area contributed by atoms with Gasteiger partial charge >= 0.3 is 0 Å². The molecule has 0 fully saturated rings. The molecule has 1 atom stereocenters. The minimum Gasteiger partial charge on any atom is -0.493 e. The first-order valence-electron chi connectivity index (χ1n) is 5.67. The smallest absolute Gasteiger partial charge is 0.162 e. The number of benzene rings is 1. The maximum atomic E-state index is 10.8. The van der Waals surface area contributed by atoms with Crippen LogP contribution in [0.1, 0.15) is 29.1 Å². The average molecular weight is 245 g/mol. The normalized spacial score (nSPS) is 11.9. The average Bonchev–Trinajstić information content (AvgIpc) is 2.92. The number of hydrogen-bond acceptors (Lipinski definition) is 3. The number of aromatic amines is 1. The first kappa shape index (κ1) is 12.2. The fourth-order valence-electron chi connectivity index (χ4n) is 1.71. The summed E-state index contributed by atoms with van der Waals surface area (Å²) in [5, 5.41) is 0. The van der Waals surface area contributed by atoms with Crippen LogP contribution < -0.4 is 9.47 Å². The van der Waals surface area contributed by atoms with Crippen molar-refractivity contribution in [1.29, 1.82) is 0 Å². The summed E-state index contributed by atoms with van der Waals surface area (Å²) in [6.07, 6.45) is 2.48. The molecule has 4 nitrogen and oxygen atoms in total. The quantitative estimate of drug-likeness (QED) is 0.824. The van der Waals surface area contributed by atoms with E-state index in [0.29, 0.717) is 17.1 Å². The fourth-order valence-corrected chi connectivity index (χ4v) is 1.71. The molecule has 0 amide bonds. The zero-order valence-electron chi connectivity index (χ0n) is 10.3. The first-order valence-corrected chi connectivity index (χ1v) is 5.67. The monoisotopic (exact) mass is 245 g/mol. The Kier molecular flexibility index (Phi) is 3.67. The SMILES string of the molecule is COc1ccc(C=O)cc1OC(C)c1ccc[nH]1. The number of nitrogens with one attached hydrogen (secondary N) is 1. The van der Waals surface area contributed by atoms with E-state index in [9.17, 15) is 4.79 Å². The van der Waals surface area contributed by atoms with Gasteiger partial charge in [-0.2, -0.15) is 0 Å². The van der Waals surface area contributed by atoms with Gasteiger partial charge in [0.15, 0.2) is 11.5 Å². The van der Waals surface area contributed by atoms with Crippen LogP contribution in [0.15, 0.2) is 36.5 Å². The lowest BCUT2D eigenvalue weighted by molar-refractivity contribution is 0.112. The molecule has 1 heterocycles. The Morgan fingerprint density at radius 2 is 2.11 bits per heavy atom. The summed E-state index contributed by atoms with van der Waals surface area (Å²) in [7, 11) is 1.57. The highest BCUT2D eigenvalue weighted by atomic mass is 16.5. The Morgan fingerprint density at radius 3 is 2.72 bits per heavy atom. The van der Waals surface area contributed by atoms with Crippen LogP contribution in [0.4, 0.5) is 0 Å². The van der Waals surface area contributed by atoms with E-state index in [1.165, 1.54) is 0 Å². The molecule has 94 valence electrons. The Morgan fingerprint density at radius 1 is 1.28 bits per heavy atom. The van der Waals surface area contributed by atoms with Crippen LogP contribution in [-0.2, 0) is 0 Å². The number of rotatable bonds is 5. The molecule has 0 aliphatic rings. The third-order valence-corrected chi connectivity index (χ3v) is 2.69. The predicted molar refractivity (Wildman–Crippen MR) is 68.2 cm³/mol. The van der Waals surface area contributed by atoms with Gasteiger partial charge in [-0.25, -0.2) is 0 Å². The van der Waals surface area contributed by atoms with Crippen LogP contribution in [0.3, 0.4) is 0 Å². The highest BCUT2D eigenvalue weighted by Crippen LogP contribution is 2.31. The summed E-state index contributed by atoms with van der Waals surface area (Å²) < 4.78 is 11.0. The molecule has 0 aliphatic carbocycles. The van der Waals surface area contributed by atoms with Gasteiger partial charge in [-0.15, -0.1) is 0 Å². The summed E-state index contributed by atoms with van der Waals surface area (Å²) in [5.74, 6) is 1.17. The molecule has 4 heteroatoms. The van der Waals surface area contributed by atoms with Crippen molar-refractivity contribution in [3.8, 4) is 11.5 Å². The standard InChI is InChI=1S/C14H15NO3/c1-10(12-4-3-7-15-12)18-14-8-11(9-16)5-6-13(14)17-2/h3-10,15H,1-2H3. The van der Waals surface area contributed by atoms with Crippen molar-refractivity contribution in [1.82, 2.24) is 4.98 Å².